The monoisotopic (exact) mass is 292 g/mol. The fraction of sp³-hybridized carbons (Fsp3) is 0.882. The zero-order chi connectivity index (χ0) is 14.7. The fourth-order valence-electron chi connectivity index (χ4n) is 4.29. The van der Waals surface area contributed by atoms with Crippen molar-refractivity contribution in [3.63, 3.8) is 0 Å². The van der Waals surface area contributed by atoms with Crippen LogP contribution in [-0.4, -0.2) is 35.3 Å². The Kier molecular flexibility index (Phi) is 4.94. The summed E-state index contributed by atoms with van der Waals surface area (Å²) in [4.78, 5) is 26.3. The van der Waals surface area contributed by atoms with E-state index in [9.17, 15) is 9.59 Å². The summed E-state index contributed by atoms with van der Waals surface area (Å²) < 4.78 is 0. The van der Waals surface area contributed by atoms with Gasteiger partial charge in [0, 0.05) is 6.04 Å². The highest BCUT2D eigenvalue weighted by atomic mass is 16.2. The normalized spacial score (nSPS) is 28.8. The van der Waals surface area contributed by atoms with Crippen molar-refractivity contribution in [3.8, 4) is 0 Å². The molecule has 4 heteroatoms. The number of nitrogens with zero attached hydrogens (tertiary/aromatic N) is 1. The van der Waals surface area contributed by atoms with Crippen molar-refractivity contribution in [1.29, 1.82) is 0 Å². The van der Waals surface area contributed by atoms with Gasteiger partial charge in [-0.15, -0.1) is 0 Å². The SMILES string of the molecule is O=C1CC(NCCC2CCCC2)C(=O)N1C1CCCCC1. The van der Waals surface area contributed by atoms with Gasteiger partial charge in [0.25, 0.3) is 0 Å². The molecule has 1 heterocycles. The third-order valence-corrected chi connectivity index (χ3v) is 5.54. The summed E-state index contributed by atoms with van der Waals surface area (Å²) in [6.45, 7) is 0.882. The highest BCUT2D eigenvalue weighted by Gasteiger charge is 2.42. The lowest BCUT2D eigenvalue weighted by Gasteiger charge is -2.29. The van der Waals surface area contributed by atoms with Crippen LogP contribution in [0.2, 0.25) is 0 Å². The first kappa shape index (κ1) is 15.0. The second-order valence-electron chi connectivity index (χ2n) is 7.04. The summed E-state index contributed by atoms with van der Waals surface area (Å²) in [7, 11) is 0. The Morgan fingerprint density at radius 3 is 2.33 bits per heavy atom. The van der Waals surface area contributed by atoms with Crippen molar-refractivity contribution in [2.75, 3.05) is 6.54 Å². The number of hydrogen-bond acceptors (Lipinski definition) is 3. The van der Waals surface area contributed by atoms with Gasteiger partial charge in [0.15, 0.2) is 0 Å². The average molecular weight is 292 g/mol. The van der Waals surface area contributed by atoms with E-state index in [0.717, 1.165) is 44.6 Å². The fourth-order valence-corrected chi connectivity index (χ4v) is 4.29. The van der Waals surface area contributed by atoms with Crippen LogP contribution in [0.5, 0.6) is 0 Å². The Labute approximate surface area is 127 Å². The number of nitrogens with one attached hydrogen (secondary N) is 1. The van der Waals surface area contributed by atoms with Gasteiger partial charge in [-0.2, -0.15) is 0 Å². The molecule has 0 aromatic heterocycles. The molecule has 1 N–H and O–H groups in total. The summed E-state index contributed by atoms with van der Waals surface area (Å²) in [5, 5.41) is 3.35. The highest BCUT2D eigenvalue weighted by Crippen LogP contribution is 2.28. The molecule has 3 aliphatic rings. The number of amides is 2. The summed E-state index contributed by atoms with van der Waals surface area (Å²) >= 11 is 0. The van der Waals surface area contributed by atoms with Crippen molar-refractivity contribution in [1.82, 2.24) is 10.2 Å². The van der Waals surface area contributed by atoms with Crippen LogP contribution in [0.25, 0.3) is 0 Å². The first-order valence-electron chi connectivity index (χ1n) is 8.85. The molecule has 1 unspecified atom stereocenters. The third kappa shape index (κ3) is 3.47. The smallest absolute Gasteiger partial charge is 0.247 e. The van der Waals surface area contributed by atoms with Crippen molar-refractivity contribution < 1.29 is 9.59 Å². The number of rotatable bonds is 5. The van der Waals surface area contributed by atoms with Crippen LogP contribution in [0, 0.1) is 5.92 Å². The molecule has 1 aliphatic heterocycles. The first-order valence-corrected chi connectivity index (χ1v) is 8.85. The van der Waals surface area contributed by atoms with Gasteiger partial charge in [0.05, 0.1) is 12.5 Å². The highest BCUT2D eigenvalue weighted by molar-refractivity contribution is 6.05. The molecule has 0 spiro atoms. The molecule has 4 nitrogen and oxygen atoms in total. The van der Waals surface area contributed by atoms with E-state index in [4.69, 9.17) is 0 Å². The van der Waals surface area contributed by atoms with Crippen molar-refractivity contribution >= 4 is 11.8 Å². The summed E-state index contributed by atoms with van der Waals surface area (Å²) in [6.07, 6.45) is 12.5. The van der Waals surface area contributed by atoms with Gasteiger partial charge in [-0.1, -0.05) is 44.9 Å². The Bertz CT molecular complexity index is 384. The lowest BCUT2D eigenvalue weighted by Crippen LogP contribution is -2.45. The van der Waals surface area contributed by atoms with Crippen molar-refractivity contribution in [2.45, 2.75) is 82.7 Å². The molecule has 1 atom stereocenters. The van der Waals surface area contributed by atoms with E-state index >= 15 is 0 Å². The molecule has 21 heavy (non-hydrogen) atoms. The molecule has 2 saturated carbocycles. The molecule has 3 rings (SSSR count). The average Bonchev–Trinajstić information content (AvgIpc) is 3.09. The topological polar surface area (TPSA) is 49.4 Å². The maximum absolute atomic E-state index is 12.5. The number of carbonyl (C=O) groups is 2. The van der Waals surface area contributed by atoms with Crippen LogP contribution < -0.4 is 5.32 Å². The summed E-state index contributed by atoms with van der Waals surface area (Å²) in [5.41, 5.74) is 0. The molecule has 0 aromatic rings. The van der Waals surface area contributed by atoms with Crippen molar-refractivity contribution in [2.24, 2.45) is 5.92 Å². The largest absolute Gasteiger partial charge is 0.305 e. The second-order valence-corrected chi connectivity index (χ2v) is 7.04. The zero-order valence-electron chi connectivity index (χ0n) is 13.0. The molecule has 1 saturated heterocycles. The second kappa shape index (κ2) is 6.91. The predicted octanol–water partition coefficient (Wildman–Crippen LogP) is 2.62. The third-order valence-electron chi connectivity index (χ3n) is 5.54. The van der Waals surface area contributed by atoms with E-state index in [-0.39, 0.29) is 23.9 Å². The maximum Gasteiger partial charge on any atom is 0.247 e. The first-order chi connectivity index (χ1) is 10.3. The molecule has 2 aliphatic carbocycles. The Morgan fingerprint density at radius 1 is 0.952 bits per heavy atom. The lowest BCUT2D eigenvalue weighted by molar-refractivity contribution is -0.142. The van der Waals surface area contributed by atoms with E-state index in [2.05, 4.69) is 5.32 Å². The predicted molar refractivity (Wildman–Crippen MR) is 81.7 cm³/mol. The Morgan fingerprint density at radius 2 is 1.62 bits per heavy atom. The van der Waals surface area contributed by atoms with E-state index in [1.807, 2.05) is 0 Å². The quantitative estimate of drug-likeness (QED) is 0.792. The Hall–Kier alpha value is -0.900. The Balaban J connectivity index is 1.48. The number of likely N-dealkylation sites (tertiary alicyclic amines) is 1. The minimum Gasteiger partial charge on any atom is -0.305 e. The summed E-state index contributed by atoms with van der Waals surface area (Å²) in [5.74, 6) is 0.919. The minimum absolute atomic E-state index is 0.0401. The van der Waals surface area contributed by atoms with E-state index in [1.54, 1.807) is 4.90 Å². The van der Waals surface area contributed by atoms with Gasteiger partial charge in [0.2, 0.25) is 11.8 Å². The lowest BCUT2D eigenvalue weighted by atomic mass is 9.94. The van der Waals surface area contributed by atoms with Crippen LogP contribution >= 0.6 is 0 Å². The van der Waals surface area contributed by atoms with Crippen LogP contribution in [0.4, 0.5) is 0 Å². The van der Waals surface area contributed by atoms with Gasteiger partial charge in [-0.05, 0) is 31.7 Å². The molecule has 0 aromatic carbocycles. The molecule has 3 fully saturated rings. The van der Waals surface area contributed by atoms with Crippen LogP contribution in [0.3, 0.4) is 0 Å². The van der Waals surface area contributed by atoms with Gasteiger partial charge in [-0.25, -0.2) is 0 Å². The molecule has 0 radical (unpaired) electrons. The molecular formula is C17H28N2O2. The molecule has 0 bridgehead atoms. The number of imide groups is 1. The maximum atomic E-state index is 12.5. The van der Waals surface area contributed by atoms with Crippen LogP contribution in [0.15, 0.2) is 0 Å². The standard InChI is InChI=1S/C17H28N2O2/c20-16-12-15(18-11-10-13-6-4-5-7-13)17(21)19(16)14-8-2-1-3-9-14/h13-15,18H,1-12H2. The van der Waals surface area contributed by atoms with Gasteiger partial charge in [0.1, 0.15) is 0 Å². The van der Waals surface area contributed by atoms with Gasteiger partial charge < -0.3 is 5.32 Å². The van der Waals surface area contributed by atoms with E-state index in [0.29, 0.717) is 6.42 Å². The van der Waals surface area contributed by atoms with Crippen LogP contribution in [-0.2, 0) is 9.59 Å². The van der Waals surface area contributed by atoms with Gasteiger partial charge >= 0.3 is 0 Å². The van der Waals surface area contributed by atoms with E-state index in [1.165, 1.54) is 32.1 Å². The minimum atomic E-state index is -0.249. The molecule has 118 valence electrons. The van der Waals surface area contributed by atoms with Gasteiger partial charge in [-0.3, -0.25) is 14.5 Å². The number of carbonyl (C=O) groups excluding carboxylic acids is 2. The van der Waals surface area contributed by atoms with Crippen molar-refractivity contribution in [3.05, 3.63) is 0 Å². The van der Waals surface area contributed by atoms with Crippen LogP contribution in [0.1, 0.15) is 70.6 Å². The molecule has 2 amide bonds. The number of hydrogen-bond donors (Lipinski definition) is 1. The van der Waals surface area contributed by atoms with E-state index < -0.39 is 0 Å². The molecular weight excluding hydrogens is 264 g/mol. The zero-order valence-corrected chi connectivity index (χ0v) is 13.0. The summed E-state index contributed by atoms with van der Waals surface area (Å²) in [6, 6.07) is -0.0683.